The van der Waals surface area contributed by atoms with Gasteiger partial charge in [-0.1, -0.05) is 6.07 Å². The lowest BCUT2D eigenvalue weighted by Gasteiger charge is -2.11. The minimum Gasteiger partial charge on any atom is -0.496 e. The molecule has 5 nitrogen and oxygen atoms in total. The van der Waals surface area contributed by atoms with Gasteiger partial charge in [0.2, 0.25) is 0 Å². The number of thiophene rings is 2. The number of aromatic nitrogens is 1. The number of rotatable bonds is 6. The quantitative estimate of drug-likeness (QED) is 0.210. The fraction of sp³-hybridized carbons (Fsp3) is 0.208. The first-order valence-electron chi connectivity index (χ1n) is 10.00. The topological polar surface area (TPSA) is 65.5 Å². The first kappa shape index (κ1) is 23.9. The third-order valence-corrected chi connectivity index (χ3v) is 7.27. The fourth-order valence-corrected chi connectivity index (χ4v) is 5.32. The molecule has 0 saturated carbocycles. The Balaban J connectivity index is 1.71. The van der Waals surface area contributed by atoms with Crippen LogP contribution in [0.3, 0.4) is 0 Å². The predicted octanol–water partition coefficient (Wildman–Crippen LogP) is 6.92. The number of ketones is 1. The van der Waals surface area contributed by atoms with Crippen molar-refractivity contribution in [1.82, 2.24) is 4.98 Å². The Kier molecular flexibility index (Phi) is 6.46. The summed E-state index contributed by atoms with van der Waals surface area (Å²) in [6.45, 7) is 2.65. The average Bonchev–Trinajstić information content (AvgIpc) is 3.44. The molecule has 34 heavy (non-hydrogen) atoms. The van der Waals surface area contributed by atoms with E-state index in [4.69, 9.17) is 9.47 Å². The largest absolute Gasteiger partial charge is 0.496 e. The van der Waals surface area contributed by atoms with Crippen LogP contribution in [0.5, 0.6) is 5.75 Å². The molecule has 0 aliphatic rings. The molecule has 10 heteroatoms. The highest BCUT2D eigenvalue weighted by molar-refractivity contribution is 7.20. The molecule has 0 unspecified atom stereocenters. The molecule has 4 aromatic rings. The maximum Gasteiger partial charge on any atom is 0.417 e. The summed E-state index contributed by atoms with van der Waals surface area (Å²) in [7, 11) is 1.44. The molecule has 0 bridgehead atoms. The van der Waals surface area contributed by atoms with Crippen LogP contribution in [0.2, 0.25) is 0 Å². The molecule has 4 rings (SSSR count). The summed E-state index contributed by atoms with van der Waals surface area (Å²) in [5.41, 5.74) is 0.403. The van der Waals surface area contributed by atoms with E-state index in [1.807, 2.05) is 0 Å². The molecule has 0 saturated heterocycles. The zero-order chi connectivity index (χ0) is 24.6. The van der Waals surface area contributed by atoms with Gasteiger partial charge in [0.15, 0.2) is 5.78 Å². The van der Waals surface area contributed by atoms with Gasteiger partial charge in [-0.25, -0.2) is 9.78 Å². The zero-order valence-corrected chi connectivity index (χ0v) is 19.9. The van der Waals surface area contributed by atoms with Crippen molar-refractivity contribution >= 4 is 44.6 Å². The minimum absolute atomic E-state index is 0.0398. The van der Waals surface area contributed by atoms with Gasteiger partial charge in [0.25, 0.3) is 0 Å². The van der Waals surface area contributed by atoms with E-state index in [1.54, 1.807) is 35.7 Å². The Bertz CT molecular complexity index is 1390. The molecule has 0 spiro atoms. The molecule has 0 atom stereocenters. The number of carbonyl (C=O) groups excluding carboxylic acids is 2. The lowest BCUT2D eigenvalue weighted by atomic mass is 10.1. The first-order chi connectivity index (χ1) is 16.1. The third-order valence-electron chi connectivity index (χ3n) is 5.21. The van der Waals surface area contributed by atoms with E-state index >= 15 is 0 Å². The van der Waals surface area contributed by atoms with E-state index in [0.717, 1.165) is 17.4 Å². The summed E-state index contributed by atoms with van der Waals surface area (Å²) in [5.74, 6) is -0.517. The maximum atomic E-state index is 13.9. The van der Waals surface area contributed by atoms with Crippen molar-refractivity contribution in [2.45, 2.75) is 26.6 Å². The molecule has 3 heterocycles. The molecule has 176 valence electrons. The van der Waals surface area contributed by atoms with E-state index in [9.17, 15) is 22.8 Å². The number of hydrogen-bond donors (Lipinski definition) is 0. The van der Waals surface area contributed by atoms with Crippen LogP contribution in [-0.2, 0) is 17.5 Å². The molecule has 0 aliphatic carbocycles. The number of fused-ring (bicyclic) bond motifs is 1. The van der Waals surface area contributed by atoms with Crippen molar-refractivity contribution in [3.63, 3.8) is 0 Å². The maximum absolute atomic E-state index is 13.9. The number of halogens is 3. The molecular formula is C24H18F3NO4S2. The summed E-state index contributed by atoms with van der Waals surface area (Å²) in [6.07, 6.45) is -4.62. The van der Waals surface area contributed by atoms with Crippen molar-refractivity contribution in [3.05, 3.63) is 68.9 Å². The number of nitrogens with zero attached hydrogens (tertiary/aromatic N) is 1. The number of carbonyl (C=O) groups is 2. The van der Waals surface area contributed by atoms with Crippen LogP contribution >= 0.6 is 22.7 Å². The van der Waals surface area contributed by atoms with Gasteiger partial charge in [0, 0.05) is 16.5 Å². The number of esters is 1. The second-order valence-corrected chi connectivity index (χ2v) is 9.37. The van der Waals surface area contributed by atoms with Gasteiger partial charge in [0.05, 0.1) is 23.2 Å². The van der Waals surface area contributed by atoms with Gasteiger partial charge in [0.1, 0.15) is 22.1 Å². The van der Waals surface area contributed by atoms with Crippen molar-refractivity contribution in [1.29, 1.82) is 0 Å². The van der Waals surface area contributed by atoms with E-state index < -0.39 is 17.7 Å². The standard InChI is InChI=1S/C24H18F3NO4S2/c1-12-20-16(24(25,26)27)10-17(19-5-4-8-33-19)28-22(20)34-21(12)23(30)32-11-15-9-14(13(2)29)6-7-18(15)31-3/h4-10H,11H2,1-3H3. The summed E-state index contributed by atoms with van der Waals surface area (Å²) < 4.78 is 52.4. The number of pyridine rings is 1. The predicted molar refractivity (Wildman–Crippen MR) is 125 cm³/mol. The lowest BCUT2D eigenvalue weighted by molar-refractivity contribution is -0.136. The zero-order valence-electron chi connectivity index (χ0n) is 18.3. The van der Waals surface area contributed by atoms with E-state index in [-0.39, 0.29) is 38.7 Å². The van der Waals surface area contributed by atoms with E-state index in [0.29, 0.717) is 21.8 Å². The molecule has 0 aliphatic heterocycles. The monoisotopic (exact) mass is 505 g/mol. The molecule has 0 radical (unpaired) electrons. The minimum atomic E-state index is -4.62. The Morgan fingerprint density at radius 1 is 1.15 bits per heavy atom. The second kappa shape index (κ2) is 9.19. The average molecular weight is 506 g/mol. The summed E-state index contributed by atoms with van der Waals surface area (Å²) in [6, 6.07) is 9.19. The lowest BCUT2D eigenvalue weighted by Crippen LogP contribution is -2.08. The van der Waals surface area contributed by atoms with Gasteiger partial charge in [-0.05, 0) is 55.1 Å². The van der Waals surface area contributed by atoms with Crippen LogP contribution in [0.4, 0.5) is 13.2 Å². The van der Waals surface area contributed by atoms with Gasteiger partial charge >= 0.3 is 12.1 Å². The molecule has 0 fully saturated rings. The third kappa shape index (κ3) is 4.55. The number of Topliss-reactive ketones (excluding diaryl/α,β-unsaturated/α-hetero) is 1. The highest BCUT2D eigenvalue weighted by Crippen LogP contribution is 2.42. The Morgan fingerprint density at radius 3 is 2.53 bits per heavy atom. The molecular weight excluding hydrogens is 487 g/mol. The Hall–Kier alpha value is -3.24. The van der Waals surface area contributed by atoms with E-state index in [2.05, 4.69) is 4.98 Å². The van der Waals surface area contributed by atoms with Gasteiger partial charge in [-0.2, -0.15) is 13.2 Å². The van der Waals surface area contributed by atoms with Crippen LogP contribution < -0.4 is 4.74 Å². The number of alkyl halides is 3. The fourth-order valence-electron chi connectivity index (χ4n) is 3.53. The van der Waals surface area contributed by atoms with Crippen molar-refractivity contribution in [2.75, 3.05) is 7.11 Å². The summed E-state index contributed by atoms with van der Waals surface area (Å²) in [5, 5.41) is 1.65. The Labute approximate surface area is 200 Å². The van der Waals surface area contributed by atoms with Gasteiger partial charge < -0.3 is 9.47 Å². The second-order valence-electron chi connectivity index (χ2n) is 7.43. The summed E-state index contributed by atoms with van der Waals surface area (Å²) in [4.78, 5) is 29.7. The van der Waals surface area contributed by atoms with Crippen LogP contribution in [0.15, 0.2) is 41.8 Å². The smallest absolute Gasteiger partial charge is 0.417 e. The number of aryl methyl sites for hydroxylation is 1. The normalized spacial score (nSPS) is 11.6. The van der Waals surface area contributed by atoms with Crippen LogP contribution in [-0.4, -0.2) is 23.8 Å². The van der Waals surface area contributed by atoms with Crippen LogP contribution in [0.1, 0.15) is 43.6 Å². The van der Waals surface area contributed by atoms with Crippen LogP contribution in [0.25, 0.3) is 20.8 Å². The molecule has 3 aromatic heterocycles. The first-order valence-corrected chi connectivity index (χ1v) is 11.7. The number of benzene rings is 1. The summed E-state index contributed by atoms with van der Waals surface area (Å²) >= 11 is 2.14. The highest BCUT2D eigenvalue weighted by Gasteiger charge is 2.36. The molecule has 1 aromatic carbocycles. The molecule has 0 N–H and O–H groups in total. The number of ether oxygens (including phenoxy) is 2. The van der Waals surface area contributed by atoms with Crippen LogP contribution in [0, 0.1) is 6.92 Å². The van der Waals surface area contributed by atoms with Crippen molar-refractivity contribution in [3.8, 4) is 16.3 Å². The van der Waals surface area contributed by atoms with Crippen molar-refractivity contribution < 1.29 is 32.2 Å². The number of methoxy groups -OCH3 is 1. The van der Waals surface area contributed by atoms with Gasteiger partial charge in [-0.3, -0.25) is 4.79 Å². The molecule has 0 amide bonds. The van der Waals surface area contributed by atoms with Crippen molar-refractivity contribution in [2.24, 2.45) is 0 Å². The van der Waals surface area contributed by atoms with E-state index in [1.165, 1.54) is 32.3 Å². The number of hydrogen-bond acceptors (Lipinski definition) is 7. The van der Waals surface area contributed by atoms with Gasteiger partial charge in [-0.15, -0.1) is 22.7 Å². The Morgan fingerprint density at radius 2 is 1.91 bits per heavy atom. The SMILES string of the molecule is COc1ccc(C(C)=O)cc1COC(=O)c1sc2nc(-c3cccs3)cc(C(F)(F)F)c2c1C. The highest BCUT2D eigenvalue weighted by atomic mass is 32.1.